The van der Waals surface area contributed by atoms with E-state index in [1.54, 1.807) is 0 Å². The number of alkyl halides is 3. The van der Waals surface area contributed by atoms with E-state index in [1.807, 2.05) is 0 Å². The molecule has 28 heavy (non-hydrogen) atoms. The summed E-state index contributed by atoms with van der Waals surface area (Å²) >= 11 is 0. The molecular weight excluding hydrogens is 380 g/mol. The highest BCUT2D eigenvalue weighted by molar-refractivity contribution is 5.55. The Hall–Kier alpha value is -3.63. The number of tetrazole rings is 1. The third-order valence-electron chi connectivity index (χ3n) is 3.75. The van der Waals surface area contributed by atoms with Crippen LogP contribution in [0.2, 0.25) is 0 Å². The fourth-order valence-electron chi connectivity index (χ4n) is 2.42. The van der Waals surface area contributed by atoms with E-state index >= 15 is 0 Å². The standard InChI is InChI=1S/C17H10F4N6O/c18-13-6-4-10(5-7-13)15-22-14(28-25-15)9-27-24-16(23-26-27)11-2-1-3-12(8-11)17(19,20)21/h1-8H,9H2. The molecule has 0 unspecified atom stereocenters. The summed E-state index contributed by atoms with van der Waals surface area (Å²) < 4.78 is 56.6. The molecule has 0 spiro atoms. The molecule has 0 saturated carbocycles. The van der Waals surface area contributed by atoms with Crippen molar-refractivity contribution in [2.45, 2.75) is 12.7 Å². The minimum absolute atomic E-state index is 0.0276. The summed E-state index contributed by atoms with van der Waals surface area (Å²) in [6, 6.07) is 10.2. The molecule has 4 aromatic rings. The Morgan fingerprint density at radius 1 is 0.964 bits per heavy atom. The molecule has 0 aliphatic heterocycles. The lowest BCUT2D eigenvalue weighted by Crippen LogP contribution is -2.05. The first kappa shape index (κ1) is 17.8. The second kappa shape index (κ2) is 6.83. The topological polar surface area (TPSA) is 82.5 Å². The van der Waals surface area contributed by atoms with E-state index in [0.717, 1.165) is 16.9 Å². The monoisotopic (exact) mass is 390 g/mol. The maximum absolute atomic E-state index is 13.0. The van der Waals surface area contributed by atoms with E-state index in [2.05, 4.69) is 25.6 Å². The Kier molecular flexibility index (Phi) is 4.34. The molecule has 0 fully saturated rings. The van der Waals surface area contributed by atoms with Crippen molar-refractivity contribution >= 4 is 0 Å². The lowest BCUT2D eigenvalue weighted by Gasteiger charge is -2.06. The van der Waals surface area contributed by atoms with Gasteiger partial charge in [0.15, 0.2) is 0 Å². The molecule has 2 aromatic carbocycles. The lowest BCUT2D eigenvalue weighted by molar-refractivity contribution is -0.137. The average molecular weight is 390 g/mol. The summed E-state index contributed by atoms with van der Waals surface area (Å²) in [5.41, 5.74) is -0.0617. The first-order valence-corrected chi connectivity index (χ1v) is 7.92. The molecule has 0 aliphatic rings. The van der Waals surface area contributed by atoms with Gasteiger partial charge in [-0.2, -0.15) is 23.0 Å². The number of nitrogens with zero attached hydrogens (tertiary/aromatic N) is 6. The zero-order valence-corrected chi connectivity index (χ0v) is 13.9. The molecule has 7 nitrogen and oxygen atoms in total. The number of halogens is 4. The number of hydrogen-bond donors (Lipinski definition) is 0. The molecule has 0 N–H and O–H groups in total. The lowest BCUT2D eigenvalue weighted by atomic mass is 10.1. The maximum atomic E-state index is 13.0. The van der Waals surface area contributed by atoms with Crippen molar-refractivity contribution in [1.29, 1.82) is 0 Å². The smallest absolute Gasteiger partial charge is 0.337 e. The highest BCUT2D eigenvalue weighted by atomic mass is 19.4. The molecule has 0 amide bonds. The minimum atomic E-state index is -4.47. The molecule has 2 heterocycles. The first-order valence-electron chi connectivity index (χ1n) is 7.92. The maximum Gasteiger partial charge on any atom is 0.416 e. The van der Waals surface area contributed by atoms with Crippen LogP contribution in [0, 0.1) is 5.82 Å². The van der Waals surface area contributed by atoms with Crippen molar-refractivity contribution in [3.8, 4) is 22.8 Å². The molecule has 0 radical (unpaired) electrons. The van der Waals surface area contributed by atoms with Gasteiger partial charge in [0.25, 0.3) is 5.89 Å². The van der Waals surface area contributed by atoms with Gasteiger partial charge >= 0.3 is 6.18 Å². The normalized spacial score (nSPS) is 11.7. The van der Waals surface area contributed by atoms with Crippen LogP contribution < -0.4 is 0 Å². The van der Waals surface area contributed by atoms with Crippen LogP contribution in [0.1, 0.15) is 11.5 Å². The summed E-state index contributed by atoms with van der Waals surface area (Å²) in [6.07, 6.45) is -4.47. The summed E-state index contributed by atoms with van der Waals surface area (Å²) in [5, 5.41) is 15.4. The van der Waals surface area contributed by atoms with Crippen molar-refractivity contribution in [3.05, 3.63) is 65.8 Å². The Morgan fingerprint density at radius 2 is 1.75 bits per heavy atom. The van der Waals surface area contributed by atoms with Gasteiger partial charge in [-0.3, -0.25) is 0 Å². The van der Waals surface area contributed by atoms with Crippen molar-refractivity contribution in [1.82, 2.24) is 30.3 Å². The molecule has 0 aliphatic carbocycles. The predicted octanol–water partition coefficient (Wildman–Crippen LogP) is 3.60. The van der Waals surface area contributed by atoms with Crippen LogP contribution in [0.4, 0.5) is 17.6 Å². The molecule has 2 aromatic heterocycles. The van der Waals surface area contributed by atoms with E-state index in [-0.39, 0.29) is 35.5 Å². The van der Waals surface area contributed by atoms with E-state index in [0.29, 0.717) is 5.56 Å². The molecular formula is C17H10F4N6O. The van der Waals surface area contributed by atoms with Crippen LogP contribution in [0.25, 0.3) is 22.8 Å². The summed E-state index contributed by atoms with van der Waals surface area (Å²) in [5.74, 6) is 0.0614. The number of hydrogen-bond acceptors (Lipinski definition) is 6. The molecule has 4 rings (SSSR count). The highest BCUT2D eigenvalue weighted by Gasteiger charge is 2.30. The summed E-state index contributed by atoms with van der Waals surface area (Å²) in [4.78, 5) is 5.28. The molecule has 0 bridgehead atoms. The van der Waals surface area contributed by atoms with Gasteiger partial charge in [0.05, 0.1) is 5.56 Å². The summed E-state index contributed by atoms with van der Waals surface area (Å²) in [6.45, 7) is -0.0276. The molecule has 11 heteroatoms. The van der Waals surface area contributed by atoms with Crippen molar-refractivity contribution in [2.24, 2.45) is 0 Å². The second-order valence-corrected chi connectivity index (χ2v) is 5.74. The van der Waals surface area contributed by atoms with E-state index in [1.165, 1.54) is 36.4 Å². The number of aromatic nitrogens is 6. The van der Waals surface area contributed by atoms with Crippen LogP contribution in [-0.4, -0.2) is 30.3 Å². The number of rotatable bonds is 4. The predicted molar refractivity (Wildman–Crippen MR) is 87.0 cm³/mol. The largest absolute Gasteiger partial charge is 0.416 e. The van der Waals surface area contributed by atoms with Gasteiger partial charge in [-0.25, -0.2) is 4.39 Å². The minimum Gasteiger partial charge on any atom is -0.337 e. The van der Waals surface area contributed by atoms with Crippen molar-refractivity contribution in [3.63, 3.8) is 0 Å². The number of benzene rings is 2. The van der Waals surface area contributed by atoms with Crippen LogP contribution in [-0.2, 0) is 12.7 Å². The van der Waals surface area contributed by atoms with Crippen LogP contribution in [0.3, 0.4) is 0 Å². The average Bonchev–Trinajstić information content (AvgIpc) is 3.32. The first-order chi connectivity index (χ1) is 13.4. The Labute approximate surface area is 154 Å². The molecule has 0 atom stereocenters. The Balaban J connectivity index is 1.52. The zero-order chi connectivity index (χ0) is 19.7. The van der Waals surface area contributed by atoms with Gasteiger partial charge in [0, 0.05) is 11.1 Å². The Morgan fingerprint density at radius 3 is 2.50 bits per heavy atom. The highest BCUT2D eigenvalue weighted by Crippen LogP contribution is 2.31. The third kappa shape index (κ3) is 3.72. The van der Waals surface area contributed by atoms with Crippen molar-refractivity contribution < 1.29 is 22.1 Å². The quantitative estimate of drug-likeness (QED) is 0.495. The summed E-state index contributed by atoms with van der Waals surface area (Å²) in [7, 11) is 0. The van der Waals surface area contributed by atoms with Gasteiger partial charge < -0.3 is 4.52 Å². The van der Waals surface area contributed by atoms with Crippen LogP contribution in [0.5, 0.6) is 0 Å². The fourth-order valence-corrected chi connectivity index (χ4v) is 2.42. The van der Waals surface area contributed by atoms with Gasteiger partial charge in [0.2, 0.25) is 11.6 Å². The van der Waals surface area contributed by atoms with E-state index in [4.69, 9.17) is 4.52 Å². The van der Waals surface area contributed by atoms with Gasteiger partial charge in [0.1, 0.15) is 12.4 Å². The second-order valence-electron chi connectivity index (χ2n) is 5.74. The van der Waals surface area contributed by atoms with E-state index in [9.17, 15) is 17.6 Å². The SMILES string of the molecule is Fc1ccc(-c2noc(Cn3nnc(-c4cccc(C(F)(F)F)c4)n3)n2)cc1. The van der Waals surface area contributed by atoms with Crippen LogP contribution in [0.15, 0.2) is 53.1 Å². The van der Waals surface area contributed by atoms with Gasteiger partial charge in [-0.1, -0.05) is 17.3 Å². The Bertz CT molecular complexity index is 1100. The van der Waals surface area contributed by atoms with E-state index < -0.39 is 11.7 Å². The fraction of sp³-hybridized carbons (Fsp3) is 0.118. The van der Waals surface area contributed by atoms with Gasteiger partial charge in [-0.05, 0) is 41.6 Å². The zero-order valence-electron chi connectivity index (χ0n) is 13.9. The molecule has 0 saturated heterocycles. The third-order valence-corrected chi connectivity index (χ3v) is 3.75. The van der Waals surface area contributed by atoms with Crippen molar-refractivity contribution in [2.75, 3.05) is 0 Å². The van der Waals surface area contributed by atoms with Gasteiger partial charge in [-0.15, -0.1) is 10.2 Å². The van der Waals surface area contributed by atoms with Crippen LogP contribution >= 0.6 is 0 Å². The molecule has 142 valence electrons.